The Kier molecular flexibility index (Phi) is 13.8. The van der Waals surface area contributed by atoms with Gasteiger partial charge in [0.25, 0.3) is 0 Å². The van der Waals surface area contributed by atoms with Crippen molar-refractivity contribution in [3.05, 3.63) is 24.3 Å². The predicted molar refractivity (Wildman–Crippen MR) is 249 cm³/mol. The van der Waals surface area contributed by atoms with Gasteiger partial charge in [-0.1, -0.05) is 133 Å². The average molecular weight is 783 g/mol. The minimum atomic E-state index is 0.619. The van der Waals surface area contributed by atoms with Crippen molar-refractivity contribution < 1.29 is 0 Å². The van der Waals surface area contributed by atoms with Gasteiger partial charge in [-0.3, -0.25) is 0 Å². The summed E-state index contributed by atoms with van der Waals surface area (Å²) in [5, 5.41) is 0. The molecule has 0 bridgehead atoms. The van der Waals surface area contributed by atoms with Gasteiger partial charge in [-0.2, -0.15) is 0 Å². The molecule has 0 nitrogen and oxygen atoms in total. The smallest absolute Gasteiger partial charge is 0.0177 e. The van der Waals surface area contributed by atoms with E-state index in [1.54, 1.807) is 12.8 Å². The summed E-state index contributed by atoms with van der Waals surface area (Å²) in [5.74, 6) is 15.3. The van der Waals surface area contributed by atoms with Crippen LogP contribution in [0.3, 0.4) is 0 Å². The molecule has 0 heteroatoms. The third kappa shape index (κ3) is 8.16. The minimum Gasteiger partial charge on any atom is -0.0882 e. The molecule has 0 N–H and O–H groups in total. The zero-order valence-electron chi connectivity index (χ0n) is 40.4. The molecule has 8 aliphatic rings. The lowest BCUT2D eigenvalue weighted by molar-refractivity contribution is -0.0957. The lowest BCUT2D eigenvalue weighted by atomic mass is 9.45. The molecule has 8 aliphatic carbocycles. The molecular formula is C57H98. The second kappa shape index (κ2) is 17.7. The van der Waals surface area contributed by atoms with Crippen LogP contribution in [0.25, 0.3) is 0 Å². The lowest BCUT2D eigenvalue weighted by Crippen LogP contribution is -2.52. The lowest BCUT2D eigenvalue weighted by Gasteiger charge is -2.60. The zero-order chi connectivity index (χ0) is 40.9. The normalized spacial score (nSPS) is 46.7. The first kappa shape index (κ1) is 44.5. The fourth-order valence-corrected chi connectivity index (χ4v) is 18.4. The van der Waals surface area contributed by atoms with Crippen LogP contribution in [0.1, 0.15) is 218 Å². The van der Waals surface area contributed by atoms with Gasteiger partial charge < -0.3 is 0 Å². The number of hydrogen-bond acceptors (Lipinski definition) is 0. The van der Waals surface area contributed by atoms with Gasteiger partial charge in [0.2, 0.25) is 0 Å². The summed E-state index contributed by atoms with van der Waals surface area (Å²) in [7, 11) is 0. The maximum atomic E-state index is 2.75. The van der Waals surface area contributed by atoms with E-state index < -0.39 is 0 Å². The number of fused-ring (bicyclic) bond motifs is 10. The van der Waals surface area contributed by atoms with E-state index in [0.717, 1.165) is 94.7 Å². The van der Waals surface area contributed by atoms with Crippen LogP contribution >= 0.6 is 0 Å². The van der Waals surface area contributed by atoms with Crippen molar-refractivity contribution in [1.29, 1.82) is 0 Å². The van der Waals surface area contributed by atoms with E-state index in [0.29, 0.717) is 21.7 Å². The molecule has 6 fully saturated rings. The van der Waals surface area contributed by atoms with Gasteiger partial charge >= 0.3 is 0 Å². The molecule has 8 rings (SSSR count). The van der Waals surface area contributed by atoms with Crippen LogP contribution in [0.5, 0.6) is 0 Å². The molecule has 326 valence electrons. The third-order valence-electron chi connectivity index (χ3n) is 22.5. The molecule has 0 radical (unpaired) electrons. The fraction of sp³-hybridized carbons (Fsp3) is 0.930. The maximum Gasteiger partial charge on any atom is -0.0177 e. The van der Waals surface area contributed by atoms with Crippen molar-refractivity contribution in [3.8, 4) is 0 Å². The van der Waals surface area contributed by atoms with Gasteiger partial charge in [0.15, 0.2) is 0 Å². The Morgan fingerprint density at radius 3 is 1.32 bits per heavy atom. The zero-order valence-corrected chi connectivity index (χ0v) is 40.4. The van der Waals surface area contributed by atoms with Gasteiger partial charge in [0.1, 0.15) is 0 Å². The van der Waals surface area contributed by atoms with Crippen LogP contribution in [-0.2, 0) is 0 Å². The van der Waals surface area contributed by atoms with Crippen molar-refractivity contribution >= 4 is 0 Å². The number of hydrogen-bond donors (Lipinski definition) is 0. The van der Waals surface area contributed by atoms with Crippen LogP contribution < -0.4 is 0 Å². The molecular weight excluding hydrogens is 685 g/mol. The van der Waals surface area contributed by atoms with Crippen molar-refractivity contribution in [2.24, 2.45) is 116 Å². The second-order valence-electron chi connectivity index (χ2n) is 25.3. The van der Waals surface area contributed by atoms with E-state index in [4.69, 9.17) is 0 Å². The Balaban J connectivity index is 0.000000174. The summed E-state index contributed by atoms with van der Waals surface area (Å²) >= 11 is 0. The van der Waals surface area contributed by atoms with Crippen LogP contribution in [0, 0.1) is 116 Å². The van der Waals surface area contributed by atoms with Gasteiger partial charge in [0.05, 0.1) is 0 Å². The Morgan fingerprint density at radius 2 is 0.895 bits per heavy atom. The minimum absolute atomic E-state index is 0.619. The van der Waals surface area contributed by atoms with E-state index in [2.05, 4.69) is 107 Å². The Labute approximate surface area is 357 Å². The van der Waals surface area contributed by atoms with Crippen LogP contribution in [0.2, 0.25) is 0 Å². The quantitative estimate of drug-likeness (QED) is 0.183. The van der Waals surface area contributed by atoms with Crippen molar-refractivity contribution in [3.63, 3.8) is 0 Å². The van der Waals surface area contributed by atoms with Crippen LogP contribution in [-0.4, -0.2) is 0 Å². The summed E-state index contributed by atoms with van der Waals surface area (Å²) in [5.41, 5.74) is 2.53. The maximum absolute atomic E-state index is 2.75. The summed E-state index contributed by atoms with van der Waals surface area (Å²) in [6, 6.07) is 0. The van der Waals surface area contributed by atoms with Crippen molar-refractivity contribution in [1.82, 2.24) is 0 Å². The number of allylic oxidation sites excluding steroid dienone is 4. The molecule has 0 heterocycles. The van der Waals surface area contributed by atoms with Gasteiger partial charge in [-0.05, 0) is 226 Å². The van der Waals surface area contributed by atoms with Gasteiger partial charge in [0, 0.05) is 0 Å². The molecule has 0 aromatic carbocycles. The molecule has 6 saturated carbocycles. The molecule has 0 unspecified atom stereocenters. The van der Waals surface area contributed by atoms with Crippen LogP contribution in [0.4, 0.5) is 0 Å². The summed E-state index contributed by atoms with van der Waals surface area (Å²) in [6.07, 6.45) is 41.3. The van der Waals surface area contributed by atoms with E-state index in [1.807, 2.05) is 0 Å². The SMILES string of the molecule is CC(C)[C@H](C)CC[C@@H](C)[C@H]1CC[C@H]2[C@@H]3CC[C@H]4C=CCC[C@]4(C)[C@H]3CC[C@]12C.CC[C@H](CC[C@@H](C)[C@H]1CC[C@H]2[C@@H]3CC[C@H]4C=CCC[C@]4(C)[C@H]3CC[C@]12C)C(C)C. The van der Waals surface area contributed by atoms with E-state index in [-0.39, 0.29) is 0 Å². The van der Waals surface area contributed by atoms with Crippen molar-refractivity contribution in [2.75, 3.05) is 0 Å². The van der Waals surface area contributed by atoms with Crippen LogP contribution in [0.15, 0.2) is 24.3 Å². The molecule has 18 atom stereocenters. The second-order valence-corrected chi connectivity index (χ2v) is 25.3. The highest BCUT2D eigenvalue weighted by atomic mass is 14.7. The molecule has 57 heavy (non-hydrogen) atoms. The third-order valence-corrected chi connectivity index (χ3v) is 22.5. The molecule has 0 spiro atoms. The van der Waals surface area contributed by atoms with Gasteiger partial charge in [-0.15, -0.1) is 0 Å². The number of rotatable bonds is 11. The Morgan fingerprint density at radius 1 is 0.456 bits per heavy atom. The molecule has 0 aliphatic heterocycles. The molecule has 0 amide bonds. The summed E-state index contributed by atoms with van der Waals surface area (Å²) in [6.45, 7) is 30.6. The van der Waals surface area contributed by atoms with Crippen molar-refractivity contribution in [2.45, 2.75) is 218 Å². The molecule has 0 aromatic rings. The average Bonchev–Trinajstić information content (AvgIpc) is 3.73. The standard InChI is InChI=1S/C29H50.C28H48/c1-7-22(20(2)3)12-11-21(4)25-15-16-26-24-14-13-23-10-8-9-18-28(23,5)27(24)17-19-29(25,26)6;1-19(2)20(3)10-11-21(4)24-14-15-25-23-13-12-22-9-7-8-17-27(22,5)26(23)16-18-28(24,25)6/h8,10,20-27H,7,9,11-19H2,1-6H3;7,9,19-26H,8,10-18H2,1-6H3/t21-,22-,23-,24+,25-,26+,27+,28+,29-;20-,21-,22-,23+,24-,25+,26+,27+,28-/m11/s1. The molecule has 0 aromatic heterocycles. The monoisotopic (exact) mass is 783 g/mol. The highest BCUT2D eigenvalue weighted by Gasteiger charge is 2.61. The Bertz CT molecular complexity index is 1370. The van der Waals surface area contributed by atoms with E-state index >= 15 is 0 Å². The van der Waals surface area contributed by atoms with E-state index in [9.17, 15) is 0 Å². The summed E-state index contributed by atoms with van der Waals surface area (Å²) in [4.78, 5) is 0. The largest absolute Gasteiger partial charge is 0.0882 e. The fourth-order valence-electron chi connectivity index (χ4n) is 18.4. The first-order valence-corrected chi connectivity index (χ1v) is 26.4. The van der Waals surface area contributed by atoms with Gasteiger partial charge in [-0.25, -0.2) is 0 Å². The summed E-state index contributed by atoms with van der Waals surface area (Å²) < 4.78 is 0. The first-order valence-electron chi connectivity index (χ1n) is 26.4. The topological polar surface area (TPSA) is 0 Å². The Hall–Kier alpha value is -0.520. The molecule has 0 saturated heterocycles. The van der Waals surface area contributed by atoms with E-state index in [1.165, 1.54) is 122 Å². The predicted octanol–water partition coefficient (Wildman–Crippen LogP) is 17.4. The highest BCUT2D eigenvalue weighted by Crippen LogP contribution is 2.69. The first-order chi connectivity index (χ1) is 27.1. The highest BCUT2D eigenvalue weighted by molar-refractivity contribution is 5.15.